The van der Waals surface area contributed by atoms with Crippen molar-refractivity contribution >= 4 is 29.1 Å². The molecule has 2 amide bonds. The highest BCUT2D eigenvalue weighted by atomic mass is 35.5. The number of amides is 2. The largest absolute Gasteiger partial charge is 0.351 e. The number of nitrogens with one attached hydrogen (secondary N) is 3. The summed E-state index contributed by atoms with van der Waals surface area (Å²) in [4.78, 5) is 25.0. The Balaban J connectivity index is 2.49. The van der Waals surface area contributed by atoms with E-state index in [1.165, 1.54) is 0 Å². The summed E-state index contributed by atoms with van der Waals surface area (Å²) in [6, 6.07) is 5.39. The summed E-state index contributed by atoms with van der Waals surface area (Å²) in [5, 5.41) is 6.33. The summed E-state index contributed by atoms with van der Waals surface area (Å²) < 4.78 is 0. The fourth-order valence-corrected chi connectivity index (χ4v) is 2.33. The van der Waals surface area contributed by atoms with Gasteiger partial charge in [-0.1, -0.05) is 31.0 Å². The van der Waals surface area contributed by atoms with Crippen LogP contribution in [0.5, 0.6) is 0 Å². The van der Waals surface area contributed by atoms with Crippen molar-refractivity contribution in [2.75, 3.05) is 31.5 Å². The first-order valence-electron chi connectivity index (χ1n) is 8.12. The molecule has 0 aromatic heterocycles. The number of quaternary nitrogens is 1. The van der Waals surface area contributed by atoms with Crippen molar-refractivity contribution in [3.8, 4) is 0 Å². The number of carbonyl (C=O) groups is 2. The molecule has 6 heteroatoms. The van der Waals surface area contributed by atoms with Crippen molar-refractivity contribution in [2.24, 2.45) is 0 Å². The van der Waals surface area contributed by atoms with Crippen molar-refractivity contribution in [3.05, 3.63) is 28.8 Å². The molecule has 0 saturated heterocycles. The maximum Gasteiger partial charge on any atom is 0.279 e. The van der Waals surface area contributed by atoms with Gasteiger partial charge in [0.05, 0.1) is 6.54 Å². The van der Waals surface area contributed by atoms with Gasteiger partial charge in [-0.15, -0.1) is 0 Å². The third kappa shape index (κ3) is 7.48. The quantitative estimate of drug-likeness (QED) is 0.595. The minimum Gasteiger partial charge on any atom is -0.351 e. The molecule has 5 nitrogen and oxygen atoms in total. The van der Waals surface area contributed by atoms with Gasteiger partial charge in [0.1, 0.15) is 0 Å². The van der Waals surface area contributed by atoms with Crippen LogP contribution in [0.3, 0.4) is 0 Å². The van der Waals surface area contributed by atoms with Gasteiger partial charge in [-0.25, -0.2) is 0 Å². The Morgan fingerprint density at radius 1 is 1.17 bits per heavy atom. The minimum absolute atomic E-state index is 0.0120. The Morgan fingerprint density at radius 2 is 1.87 bits per heavy atom. The van der Waals surface area contributed by atoms with Crippen molar-refractivity contribution in [1.82, 2.24) is 5.32 Å². The summed E-state index contributed by atoms with van der Waals surface area (Å²) >= 11 is 5.95. The Kier molecular flexibility index (Phi) is 8.66. The molecular weight excluding hydrogens is 314 g/mol. The maximum absolute atomic E-state index is 12.2. The molecule has 0 radical (unpaired) electrons. The first-order valence-corrected chi connectivity index (χ1v) is 8.50. The van der Waals surface area contributed by atoms with Gasteiger partial charge in [0.25, 0.3) is 11.8 Å². The SMILES string of the molecule is CCCCNC(=O)C[NH+](CC)CC(=O)Nc1cc(Cl)ccc1C. The molecule has 1 rings (SSSR count). The average Bonchev–Trinajstić information content (AvgIpc) is 2.50. The average molecular weight is 341 g/mol. The summed E-state index contributed by atoms with van der Waals surface area (Å²) in [5.74, 6) is -0.129. The molecule has 0 heterocycles. The molecule has 0 bridgehead atoms. The van der Waals surface area contributed by atoms with Crippen LogP contribution in [0, 0.1) is 6.92 Å². The second kappa shape index (κ2) is 10.2. The lowest BCUT2D eigenvalue weighted by atomic mass is 10.2. The molecule has 0 aliphatic carbocycles. The van der Waals surface area contributed by atoms with Crippen LogP contribution in [0.2, 0.25) is 5.02 Å². The molecule has 1 unspecified atom stereocenters. The normalized spacial score (nSPS) is 11.8. The van der Waals surface area contributed by atoms with Crippen molar-refractivity contribution < 1.29 is 14.5 Å². The van der Waals surface area contributed by atoms with E-state index in [0.717, 1.165) is 23.3 Å². The van der Waals surface area contributed by atoms with Gasteiger partial charge in [0, 0.05) is 17.3 Å². The van der Waals surface area contributed by atoms with Crippen LogP contribution < -0.4 is 15.5 Å². The molecule has 128 valence electrons. The highest BCUT2D eigenvalue weighted by molar-refractivity contribution is 6.31. The maximum atomic E-state index is 12.2. The van der Waals surface area contributed by atoms with Gasteiger partial charge in [0.2, 0.25) is 0 Å². The number of anilines is 1. The molecule has 0 aliphatic rings. The van der Waals surface area contributed by atoms with Crippen LogP contribution in [0.4, 0.5) is 5.69 Å². The molecule has 0 saturated carbocycles. The zero-order valence-electron chi connectivity index (χ0n) is 14.2. The standard InChI is InChI=1S/C17H26ClN3O2/c1-4-6-9-19-16(22)11-21(5-2)12-17(23)20-15-10-14(18)8-7-13(15)3/h7-8,10H,4-6,9,11-12H2,1-3H3,(H,19,22)(H,20,23)/p+1. The van der Waals surface area contributed by atoms with Gasteiger partial charge in [-0.2, -0.15) is 0 Å². The topological polar surface area (TPSA) is 62.6 Å². The number of rotatable bonds is 9. The smallest absolute Gasteiger partial charge is 0.279 e. The van der Waals surface area contributed by atoms with Crippen LogP contribution >= 0.6 is 11.6 Å². The van der Waals surface area contributed by atoms with E-state index < -0.39 is 0 Å². The molecule has 0 fully saturated rings. The highest BCUT2D eigenvalue weighted by Gasteiger charge is 2.17. The molecule has 3 N–H and O–H groups in total. The molecule has 0 spiro atoms. The summed E-state index contributed by atoms with van der Waals surface area (Å²) in [7, 11) is 0. The molecule has 1 aromatic rings. The summed E-state index contributed by atoms with van der Waals surface area (Å²) in [5.41, 5.74) is 1.67. The van der Waals surface area contributed by atoms with Crippen LogP contribution in [-0.2, 0) is 9.59 Å². The number of unbranched alkanes of at least 4 members (excludes halogenated alkanes) is 1. The van der Waals surface area contributed by atoms with Crippen LogP contribution in [0.1, 0.15) is 32.3 Å². The lowest BCUT2D eigenvalue weighted by Gasteiger charge is -2.17. The van der Waals surface area contributed by atoms with Crippen LogP contribution in [0.25, 0.3) is 0 Å². The Hall–Kier alpha value is -1.59. The Morgan fingerprint density at radius 3 is 2.52 bits per heavy atom. The number of likely N-dealkylation sites (N-methyl/N-ethyl adjacent to an activating group) is 1. The van der Waals surface area contributed by atoms with Crippen molar-refractivity contribution in [1.29, 1.82) is 0 Å². The van der Waals surface area contributed by atoms with E-state index >= 15 is 0 Å². The lowest BCUT2D eigenvalue weighted by molar-refractivity contribution is -0.881. The van der Waals surface area contributed by atoms with Crippen LogP contribution in [-0.4, -0.2) is 38.0 Å². The monoisotopic (exact) mass is 340 g/mol. The van der Waals surface area contributed by atoms with E-state index in [-0.39, 0.29) is 18.4 Å². The minimum atomic E-state index is -0.117. The predicted molar refractivity (Wildman–Crippen MR) is 94.0 cm³/mol. The van der Waals surface area contributed by atoms with E-state index in [0.29, 0.717) is 30.3 Å². The first kappa shape index (κ1) is 19.5. The second-order valence-electron chi connectivity index (χ2n) is 5.67. The third-order valence-corrected chi connectivity index (χ3v) is 3.88. The van der Waals surface area contributed by atoms with Gasteiger partial charge < -0.3 is 15.5 Å². The lowest BCUT2D eigenvalue weighted by Crippen LogP contribution is -3.14. The van der Waals surface area contributed by atoms with Gasteiger partial charge in [0.15, 0.2) is 13.1 Å². The first-order chi connectivity index (χ1) is 11.0. The zero-order valence-corrected chi connectivity index (χ0v) is 14.9. The zero-order chi connectivity index (χ0) is 17.2. The van der Waals surface area contributed by atoms with E-state index in [2.05, 4.69) is 17.6 Å². The van der Waals surface area contributed by atoms with E-state index in [4.69, 9.17) is 11.6 Å². The summed E-state index contributed by atoms with van der Waals surface area (Å²) in [6.07, 6.45) is 2.02. The third-order valence-electron chi connectivity index (χ3n) is 3.65. The molecular formula is C17H27ClN3O2+. The Bertz CT molecular complexity index is 535. The second-order valence-corrected chi connectivity index (χ2v) is 6.10. The number of hydrogen-bond acceptors (Lipinski definition) is 2. The van der Waals surface area contributed by atoms with Gasteiger partial charge >= 0.3 is 0 Å². The fourth-order valence-electron chi connectivity index (χ4n) is 2.16. The molecule has 1 atom stereocenters. The fraction of sp³-hybridized carbons (Fsp3) is 0.529. The van der Waals surface area contributed by atoms with Crippen LogP contribution in [0.15, 0.2) is 18.2 Å². The predicted octanol–water partition coefficient (Wildman–Crippen LogP) is 1.41. The van der Waals surface area contributed by atoms with Gasteiger partial charge in [-0.3, -0.25) is 9.59 Å². The number of benzene rings is 1. The highest BCUT2D eigenvalue weighted by Crippen LogP contribution is 2.19. The van der Waals surface area contributed by atoms with E-state index in [1.807, 2.05) is 19.9 Å². The Labute approximate surface area is 143 Å². The number of halogens is 1. The van der Waals surface area contributed by atoms with E-state index in [1.54, 1.807) is 12.1 Å². The van der Waals surface area contributed by atoms with Crippen molar-refractivity contribution in [3.63, 3.8) is 0 Å². The molecule has 23 heavy (non-hydrogen) atoms. The molecule has 0 aliphatic heterocycles. The van der Waals surface area contributed by atoms with Crippen molar-refractivity contribution in [2.45, 2.75) is 33.6 Å². The number of aryl methyl sites for hydroxylation is 1. The molecule has 1 aromatic carbocycles. The summed E-state index contributed by atoms with van der Waals surface area (Å²) in [6.45, 7) is 7.93. The van der Waals surface area contributed by atoms with E-state index in [9.17, 15) is 9.59 Å². The van der Waals surface area contributed by atoms with Gasteiger partial charge in [-0.05, 0) is 38.0 Å². The number of carbonyl (C=O) groups excluding carboxylic acids is 2. The number of hydrogen-bond donors (Lipinski definition) is 3.